The number of hydrogen-bond acceptors (Lipinski definition) is 3. The van der Waals surface area contributed by atoms with Crippen LogP contribution in [0.25, 0.3) is 0 Å². The summed E-state index contributed by atoms with van der Waals surface area (Å²) in [5.74, 6) is 0. The van der Waals surface area contributed by atoms with Crippen molar-refractivity contribution in [2.75, 3.05) is 20.2 Å². The fourth-order valence-corrected chi connectivity index (χ4v) is 3.49. The van der Waals surface area contributed by atoms with Crippen LogP contribution in [0.1, 0.15) is 29.5 Å². The van der Waals surface area contributed by atoms with Gasteiger partial charge in [-0.2, -0.15) is 0 Å². The van der Waals surface area contributed by atoms with E-state index in [9.17, 15) is 4.79 Å². The first-order valence-electron chi connectivity index (χ1n) is 9.60. The first kappa shape index (κ1) is 19.4. The molecule has 1 heterocycles. The number of ether oxygens (including phenoxy) is 1. The number of carbonyl (C=O) groups is 1. The van der Waals surface area contributed by atoms with Gasteiger partial charge in [0.15, 0.2) is 0 Å². The van der Waals surface area contributed by atoms with Crippen molar-refractivity contribution in [2.45, 2.75) is 38.6 Å². The van der Waals surface area contributed by atoms with Crippen LogP contribution in [-0.2, 0) is 24.4 Å². The summed E-state index contributed by atoms with van der Waals surface area (Å²) in [4.78, 5) is 14.7. The smallest absolute Gasteiger partial charge is 0.315 e. The molecule has 0 aromatic heterocycles. The van der Waals surface area contributed by atoms with E-state index in [-0.39, 0.29) is 12.1 Å². The lowest BCUT2D eigenvalue weighted by molar-refractivity contribution is 0.184. The van der Waals surface area contributed by atoms with E-state index in [4.69, 9.17) is 4.74 Å². The van der Waals surface area contributed by atoms with Crippen LogP contribution >= 0.6 is 0 Å². The molecule has 0 radical (unpaired) electrons. The van der Waals surface area contributed by atoms with E-state index in [1.54, 1.807) is 7.11 Å². The first-order chi connectivity index (χ1) is 13.2. The van der Waals surface area contributed by atoms with Gasteiger partial charge in [-0.05, 0) is 29.5 Å². The van der Waals surface area contributed by atoms with Crippen LogP contribution < -0.4 is 10.6 Å². The third kappa shape index (κ3) is 6.38. The number of urea groups is 1. The molecular weight excluding hydrogens is 338 g/mol. The first-order valence-corrected chi connectivity index (χ1v) is 9.60. The molecule has 2 amide bonds. The van der Waals surface area contributed by atoms with Crippen molar-refractivity contribution in [2.24, 2.45) is 0 Å². The summed E-state index contributed by atoms with van der Waals surface area (Å²) in [6, 6.07) is 18.8. The summed E-state index contributed by atoms with van der Waals surface area (Å²) in [6.07, 6.45) is 1.98. The van der Waals surface area contributed by atoms with Gasteiger partial charge in [-0.25, -0.2) is 4.79 Å². The van der Waals surface area contributed by atoms with Crippen molar-refractivity contribution in [3.8, 4) is 0 Å². The molecule has 1 aliphatic heterocycles. The molecule has 1 saturated heterocycles. The fraction of sp³-hybridized carbons (Fsp3) is 0.409. The Kier molecular flexibility index (Phi) is 7.25. The normalized spacial score (nSPS) is 15.4. The van der Waals surface area contributed by atoms with Gasteiger partial charge >= 0.3 is 6.03 Å². The Morgan fingerprint density at radius 2 is 1.74 bits per heavy atom. The minimum Gasteiger partial charge on any atom is -0.380 e. The lowest BCUT2D eigenvalue weighted by Crippen LogP contribution is -2.47. The van der Waals surface area contributed by atoms with Gasteiger partial charge in [0.2, 0.25) is 0 Å². The largest absolute Gasteiger partial charge is 0.380 e. The molecule has 0 bridgehead atoms. The van der Waals surface area contributed by atoms with Crippen LogP contribution in [0.4, 0.5) is 4.79 Å². The molecule has 5 nitrogen and oxygen atoms in total. The van der Waals surface area contributed by atoms with Crippen LogP contribution in [0.5, 0.6) is 0 Å². The average molecular weight is 367 g/mol. The molecular formula is C22H29N3O2. The van der Waals surface area contributed by atoms with Crippen molar-refractivity contribution < 1.29 is 9.53 Å². The highest BCUT2D eigenvalue weighted by atomic mass is 16.5. The van der Waals surface area contributed by atoms with E-state index < -0.39 is 0 Å². The minimum absolute atomic E-state index is 0.0892. The van der Waals surface area contributed by atoms with Gasteiger partial charge in [-0.1, -0.05) is 54.6 Å². The predicted molar refractivity (Wildman–Crippen MR) is 107 cm³/mol. The van der Waals surface area contributed by atoms with E-state index in [1.165, 1.54) is 5.56 Å². The van der Waals surface area contributed by atoms with Crippen LogP contribution in [0, 0.1) is 0 Å². The SMILES string of the molecule is COCc1cccc(CNC(=O)NC2CCN(Cc3ccccc3)CC2)c1. The average Bonchev–Trinajstić information content (AvgIpc) is 2.69. The molecule has 2 aromatic rings. The Morgan fingerprint density at radius 1 is 1.04 bits per heavy atom. The molecule has 144 valence electrons. The molecule has 1 fully saturated rings. The van der Waals surface area contributed by atoms with Gasteiger partial charge in [-0.15, -0.1) is 0 Å². The number of benzene rings is 2. The zero-order valence-corrected chi connectivity index (χ0v) is 16.0. The monoisotopic (exact) mass is 367 g/mol. The second-order valence-corrected chi connectivity index (χ2v) is 7.12. The Morgan fingerprint density at radius 3 is 2.48 bits per heavy atom. The van der Waals surface area contributed by atoms with Crippen LogP contribution in [0.2, 0.25) is 0 Å². The molecule has 0 saturated carbocycles. The summed E-state index contributed by atoms with van der Waals surface area (Å²) >= 11 is 0. The minimum atomic E-state index is -0.0892. The number of nitrogens with zero attached hydrogens (tertiary/aromatic N) is 1. The number of carbonyl (C=O) groups excluding carboxylic acids is 1. The number of likely N-dealkylation sites (tertiary alicyclic amines) is 1. The van der Waals surface area contributed by atoms with Crippen molar-refractivity contribution in [1.29, 1.82) is 0 Å². The van der Waals surface area contributed by atoms with E-state index in [0.717, 1.165) is 43.6 Å². The van der Waals surface area contributed by atoms with E-state index in [0.29, 0.717) is 13.2 Å². The third-order valence-corrected chi connectivity index (χ3v) is 4.93. The Bertz CT molecular complexity index is 713. The molecule has 1 aliphatic rings. The molecule has 2 N–H and O–H groups in total. The van der Waals surface area contributed by atoms with E-state index in [1.807, 2.05) is 24.3 Å². The van der Waals surface area contributed by atoms with Gasteiger partial charge < -0.3 is 15.4 Å². The maximum atomic E-state index is 12.2. The molecule has 3 rings (SSSR count). The van der Waals surface area contributed by atoms with Crippen LogP contribution in [0.3, 0.4) is 0 Å². The van der Waals surface area contributed by atoms with Gasteiger partial charge in [0.25, 0.3) is 0 Å². The third-order valence-electron chi connectivity index (χ3n) is 4.93. The second-order valence-electron chi connectivity index (χ2n) is 7.12. The van der Waals surface area contributed by atoms with Gasteiger partial charge in [0.05, 0.1) is 6.61 Å². The lowest BCUT2D eigenvalue weighted by atomic mass is 10.0. The molecule has 5 heteroatoms. The number of methoxy groups -OCH3 is 1. The Balaban J connectivity index is 1.37. The summed E-state index contributed by atoms with van der Waals surface area (Å²) in [7, 11) is 1.68. The Hall–Kier alpha value is -2.37. The lowest BCUT2D eigenvalue weighted by Gasteiger charge is -2.32. The quantitative estimate of drug-likeness (QED) is 0.789. The fourth-order valence-electron chi connectivity index (χ4n) is 3.49. The standard InChI is InChI=1S/C22H29N3O2/c1-27-17-20-9-5-8-19(14-20)15-23-22(26)24-21-10-12-25(13-11-21)16-18-6-3-2-4-7-18/h2-9,14,21H,10-13,15-17H2,1H3,(H2,23,24,26). The topological polar surface area (TPSA) is 53.6 Å². The van der Waals surface area contributed by atoms with Crippen LogP contribution in [-0.4, -0.2) is 37.2 Å². The summed E-state index contributed by atoms with van der Waals surface area (Å²) in [5.41, 5.74) is 3.54. The molecule has 2 aromatic carbocycles. The molecule has 0 spiro atoms. The highest BCUT2D eigenvalue weighted by Gasteiger charge is 2.20. The number of rotatable bonds is 7. The zero-order valence-electron chi connectivity index (χ0n) is 16.0. The van der Waals surface area contributed by atoms with Crippen molar-refractivity contribution in [1.82, 2.24) is 15.5 Å². The summed E-state index contributed by atoms with van der Waals surface area (Å²) in [5, 5.41) is 6.07. The molecule has 0 aliphatic carbocycles. The summed E-state index contributed by atoms with van der Waals surface area (Å²) < 4.78 is 5.15. The number of amides is 2. The van der Waals surface area contributed by atoms with E-state index in [2.05, 4.69) is 45.9 Å². The molecule has 0 unspecified atom stereocenters. The van der Waals surface area contributed by atoms with Crippen molar-refractivity contribution >= 4 is 6.03 Å². The maximum Gasteiger partial charge on any atom is 0.315 e. The van der Waals surface area contributed by atoms with Gasteiger partial charge in [0, 0.05) is 39.3 Å². The molecule has 27 heavy (non-hydrogen) atoms. The van der Waals surface area contributed by atoms with Gasteiger partial charge in [0.1, 0.15) is 0 Å². The number of piperidine rings is 1. The zero-order chi connectivity index (χ0) is 18.9. The summed E-state index contributed by atoms with van der Waals surface area (Å²) in [6.45, 7) is 4.12. The second kappa shape index (κ2) is 10.1. The van der Waals surface area contributed by atoms with E-state index >= 15 is 0 Å². The Labute approximate surface area is 161 Å². The predicted octanol–water partition coefficient (Wildman–Crippen LogP) is 3.30. The van der Waals surface area contributed by atoms with Gasteiger partial charge in [-0.3, -0.25) is 4.90 Å². The van der Waals surface area contributed by atoms with Crippen molar-refractivity contribution in [3.05, 3.63) is 71.3 Å². The maximum absolute atomic E-state index is 12.2. The molecule has 0 atom stereocenters. The highest BCUT2D eigenvalue weighted by Crippen LogP contribution is 2.14. The number of nitrogens with one attached hydrogen (secondary N) is 2. The van der Waals surface area contributed by atoms with Crippen molar-refractivity contribution in [3.63, 3.8) is 0 Å². The number of hydrogen-bond donors (Lipinski definition) is 2. The highest BCUT2D eigenvalue weighted by molar-refractivity contribution is 5.74. The van der Waals surface area contributed by atoms with Crippen LogP contribution in [0.15, 0.2) is 54.6 Å².